The van der Waals surface area contributed by atoms with Crippen molar-refractivity contribution in [3.63, 3.8) is 0 Å². The summed E-state index contributed by atoms with van der Waals surface area (Å²) in [4.78, 5) is 5.10. The van der Waals surface area contributed by atoms with Gasteiger partial charge in [-0.2, -0.15) is 0 Å². The maximum atomic E-state index is 13.4. The van der Waals surface area contributed by atoms with Gasteiger partial charge in [-0.15, -0.1) is 0 Å². The lowest BCUT2D eigenvalue weighted by atomic mass is 10.2. The van der Waals surface area contributed by atoms with Crippen LogP contribution in [0.3, 0.4) is 0 Å². The van der Waals surface area contributed by atoms with Crippen LogP contribution in [0.2, 0.25) is 0 Å². The van der Waals surface area contributed by atoms with Crippen LogP contribution in [0.1, 0.15) is 12.5 Å². The Kier molecular flexibility index (Phi) is 6.20. The maximum Gasteiger partial charge on any atom is 0.268 e. The zero-order valence-electron chi connectivity index (χ0n) is 17.2. The fourth-order valence-electron chi connectivity index (χ4n) is 3.88. The molecule has 0 atom stereocenters. The standard InChI is InChI=1S/C22H26BrN3O3S/c1-3-24-10-12-25(13-11-24)16-18-15-20(5-6-21(18)23)30(27,28)26-9-8-17-14-19(29-2)4-7-22(17)26/h4-9,14-15H,3,10-13,16H2,1-2H3. The average Bonchev–Trinajstić information content (AvgIpc) is 3.19. The molecule has 160 valence electrons. The fraction of sp³-hybridized carbons (Fsp3) is 0.364. The summed E-state index contributed by atoms with van der Waals surface area (Å²) in [6, 6.07) is 12.5. The number of aromatic nitrogens is 1. The highest BCUT2D eigenvalue weighted by Gasteiger charge is 2.22. The second-order valence-corrected chi connectivity index (χ2v) is 10.2. The molecule has 0 spiro atoms. The Balaban J connectivity index is 1.63. The Hall–Kier alpha value is -1.87. The number of methoxy groups -OCH3 is 1. The van der Waals surface area contributed by atoms with Gasteiger partial charge in [0.1, 0.15) is 5.75 Å². The monoisotopic (exact) mass is 491 g/mol. The zero-order valence-corrected chi connectivity index (χ0v) is 19.6. The minimum atomic E-state index is -3.71. The molecule has 4 rings (SSSR count). The van der Waals surface area contributed by atoms with E-state index in [9.17, 15) is 8.42 Å². The minimum absolute atomic E-state index is 0.293. The number of fused-ring (bicyclic) bond motifs is 1. The first-order valence-electron chi connectivity index (χ1n) is 10.1. The van der Waals surface area contributed by atoms with Crippen molar-refractivity contribution < 1.29 is 13.2 Å². The van der Waals surface area contributed by atoms with Crippen molar-refractivity contribution in [3.05, 3.63) is 58.7 Å². The number of likely N-dealkylation sites (N-methyl/N-ethyl adjacent to an activating group) is 1. The minimum Gasteiger partial charge on any atom is -0.497 e. The first-order valence-corrected chi connectivity index (χ1v) is 12.3. The van der Waals surface area contributed by atoms with Crippen LogP contribution >= 0.6 is 15.9 Å². The highest BCUT2D eigenvalue weighted by atomic mass is 79.9. The molecule has 0 radical (unpaired) electrons. The highest BCUT2D eigenvalue weighted by Crippen LogP contribution is 2.28. The molecule has 30 heavy (non-hydrogen) atoms. The lowest BCUT2D eigenvalue weighted by molar-refractivity contribution is 0.131. The van der Waals surface area contributed by atoms with E-state index in [-0.39, 0.29) is 0 Å². The molecule has 0 bridgehead atoms. The predicted octanol–water partition coefficient (Wildman–Crippen LogP) is 3.79. The van der Waals surface area contributed by atoms with Crippen molar-refractivity contribution in [1.82, 2.24) is 13.8 Å². The molecule has 2 aromatic carbocycles. The summed E-state index contributed by atoms with van der Waals surface area (Å²) < 4.78 is 34.3. The molecular formula is C22H26BrN3O3S. The number of hydrogen-bond acceptors (Lipinski definition) is 5. The van der Waals surface area contributed by atoms with Crippen LogP contribution in [0, 0.1) is 0 Å². The van der Waals surface area contributed by atoms with Crippen molar-refractivity contribution in [2.75, 3.05) is 39.8 Å². The summed E-state index contributed by atoms with van der Waals surface area (Å²) in [6.45, 7) is 8.05. The van der Waals surface area contributed by atoms with Gasteiger partial charge in [0.05, 0.1) is 17.5 Å². The van der Waals surface area contributed by atoms with Gasteiger partial charge in [0, 0.05) is 48.8 Å². The van der Waals surface area contributed by atoms with Gasteiger partial charge in [-0.25, -0.2) is 12.4 Å². The molecule has 0 aliphatic carbocycles. The number of hydrogen-bond donors (Lipinski definition) is 0. The molecule has 0 unspecified atom stereocenters. The van der Waals surface area contributed by atoms with E-state index in [1.54, 1.807) is 43.6 Å². The van der Waals surface area contributed by atoms with Crippen LogP contribution in [0.5, 0.6) is 5.75 Å². The number of nitrogens with zero attached hydrogens (tertiary/aromatic N) is 3. The summed E-state index contributed by atoms with van der Waals surface area (Å²) in [5.41, 5.74) is 1.62. The third-order valence-corrected chi connectivity index (χ3v) is 8.20. The lowest BCUT2D eigenvalue weighted by Crippen LogP contribution is -2.45. The quantitative estimate of drug-likeness (QED) is 0.524. The molecule has 0 amide bonds. The third-order valence-electron chi connectivity index (χ3n) is 5.74. The zero-order chi connectivity index (χ0) is 21.3. The molecule has 1 fully saturated rings. The smallest absolute Gasteiger partial charge is 0.268 e. The van der Waals surface area contributed by atoms with Crippen molar-refractivity contribution in [1.29, 1.82) is 0 Å². The second-order valence-electron chi connectivity index (χ2n) is 7.50. The predicted molar refractivity (Wildman–Crippen MR) is 123 cm³/mol. The first kappa shape index (κ1) is 21.4. The number of piperazine rings is 1. The van der Waals surface area contributed by atoms with Crippen molar-refractivity contribution in [3.8, 4) is 5.75 Å². The van der Waals surface area contributed by atoms with Gasteiger partial charge >= 0.3 is 0 Å². The SMILES string of the molecule is CCN1CCN(Cc2cc(S(=O)(=O)n3ccc4cc(OC)ccc43)ccc2Br)CC1. The van der Waals surface area contributed by atoms with Crippen LogP contribution in [0.4, 0.5) is 0 Å². The summed E-state index contributed by atoms with van der Waals surface area (Å²) in [5, 5.41) is 0.823. The Morgan fingerprint density at radius 1 is 1.00 bits per heavy atom. The molecule has 2 heterocycles. The van der Waals surface area contributed by atoms with Crippen molar-refractivity contribution in [2.24, 2.45) is 0 Å². The fourth-order valence-corrected chi connectivity index (χ4v) is 5.66. The Morgan fingerprint density at radius 2 is 1.73 bits per heavy atom. The van der Waals surface area contributed by atoms with E-state index >= 15 is 0 Å². The van der Waals surface area contributed by atoms with Gasteiger partial charge in [0.25, 0.3) is 10.0 Å². The average molecular weight is 492 g/mol. The first-order chi connectivity index (χ1) is 14.4. The van der Waals surface area contributed by atoms with E-state index in [1.165, 1.54) is 3.97 Å². The third kappa shape index (κ3) is 4.14. The highest BCUT2D eigenvalue weighted by molar-refractivity contribution is 9.10. The van der Waals surface area contributed by atoms with Crippen LogP contribution in [-0.4, -0.2) is 62.0 Å². The van der Waals surface area contributed by atoms with Gasteiger partial charge in [-0.05, 0) is 54.6 Å². The molecule has 1 aliphatic heterocycles. The second kappa shape index (κ2) is 8.70. The molecule has 1 aromatic heterocycles. The number of halogens is 1. The Morgan fingerprint density at radius 3 is 2.43 bits per heavy atom. The van der Waals surface area contributed by atoms with E-state index in [0.717, 1.165) is 54.7 Å². The summed E-state index contributed by atoms with van der Waals surface area (Å²) in [6.07, 6.45) is 1.60. The molecule has 0 saturated carbocycles. The van der Waals surface area contributed by atoms with E-state index in [4.69, 9.17) is 4.74 Å². The van der Waals surface area contributed by atoms with Gasteiger partial charge in [-0.3, -0.25) is 4.90 Å². The van der Waals surface area contributed by atoms with Gasteiger partial charge in [0.2, 0.25) is 0 Å². The number of benzene rings is 2. The van der Waals surface area contributed by atoms with Crippen molar-refractivity contribution in [2.45, 2.75) is 18.4 Å². The lowest BCUT2D eigenvalue weighted by Gasteiger charge is -2.34. The molecule has 6 nitrogen and oxygen atoms in total. The van der Waals surface area contributed by atoms with Gasteiger partial charge in [0.15, 0.2) is 0 Å². The molecule has 3 aromatic rings. The summed E-state index contributed by atoms with van der Waals surface area (Å²) in [7, 11) is -2.11. The Bertz CT molecular complexity index is 1150. The van der Waals surface area contributed by atoms with Gasteiger partial charge in [-0.1, -0.05) is 22.9 Å². The number of rotatable bonds is 6. The Labute approximate surface area is 186 Å². The van der Waals surface area contributed by atoms with E-state index < -0.39 is 10.0 Å². The van der Waals surface area contributed by atoms with Crippen LogP contribution in [0.15, 0.2) is 58.0 Å². The normalized spacial score (nSPS) is 16.2. The van der Waals surface area contributed by atoms with Crippen LogP contribution in [-0.2, 0) is 16.6 Å². The largest absolute Gasteiger partial charge is 0.497 e. The van der Waals surface area contributed by atoms with Crippen LogP contribution in [0.25, 0.3) is 10.9 Å². The molecule has 8 heteroatoms. The topological polar surface area (TPSA) is 54.8 Å². The van der Waals surface area contributed by atoms with E-state index in [1.807, 2.05) is 12.1 Å². The van der Waals surface area contributed by atoms with Crippen LogP contribution < -0.4 is 4.74 Å². The van der Waals surface area contributed by atoms with Gasteiger partial charge < -0.3 is 9.64 Å². The van der Waals surface area contributed by atoms with E-state index in [0.29, 0.717) is 16.2 Å². The molecule has 0 N–H and O–H groups in total. The van der Waals surface area contributed by atoms with E-state index in [2.05, 4.69) is 32.7 Å². The number of ether oxygens (including phenoxy) is 1. The molecule has 1 aliphatic rings. The molecular weight excluding hydrogens is 466 g/mol. The molecule has 1 saturated heterocycles. The summed E-state index contributed by atoms with van der Waals surface area (Å²) in [5.74, 6) is 0.701. The van der Waals surface area contributed by atoms with Crippen molar-refractivity contribution >= 4 is 36.9 Å². The maximum absolute atomic E-state index is 13.4. The summed E-state index contributed by atoms with van der Waals surface area (Å²) >= 11 is 3.60.